The predicted molar refractivity (Wildman–Crippen MR) is 82.1 cm³/mol. The van der Waals surface area contributed by atoms with Gasteiger partial charge in [-0.25, -0.2) is 0 Å². The molecule has 0 saturated carbocycles. The Labute approximate surface area is 127 Å². The Kier molecular flexibility index (Phi) is 5.01. The lowest BCUT2D eigenvalue weighted by atomic mass is 10.1. The number of halogens is 2. The molecule has 104 valence electrons. The van der Waals surface area contributed by atoms with E-state index in [9.17, 15) is 4.79 Å². The first-order chi connectivity index (χ1) is 9.60. The molecule has 0 aliphatic rings. The van der Waals surface area contributed by atoms with E-state index in [1.165, 1.54) is 0 Å². The molecule has 0 fully saturated rings. The molecular weight excluding hydrogens is 295 g/mol. The van der Waals surface area contributed by atoms with Crippen LogP contribution in [0.2, 0.25) is 10.0 Å². The Bertz CT molecular complexity index is 582. The Balaban J connectivity index is 2.18. The van der Waals surface area contributed by atoms with E-state index in [2.05, 4.69) is 5.32 Å². The fraction of sp³-hybridized carbons (Fsp3) is 0.133. The van der Waals surface area contributed by atoms with Crippen LogP contribution >= 0.6 is 23.2 Å². The van der Waals surface area contributed by atoms with Crippen molar-refractivity contribution in [3.05, 3.63) is 64.1 Å². The molecule has 3 nitrogen and oxygen atoms in total. The smallest absolute Gasteiger partial charge is 0.287 e. The van der Waals surface area contributed by atoms with Crippen molar-refractivity contribution in [2.75, 3.05) is 12.4 Å². The summed E-state index contributed by atoms with van der Waals surface area (Å²) in [5, 5.41) is 5.67. The van der Waals surface area contributed by atoms with Crippen molar-refractivity contribution in [3.8, 4) is 0 Å². The molecule has 0 spiro atoms. The summed E-state index contributed by atoms with van der Waals surface area (Å²) in [6, 6.07) is 14.2. The molecule has 0 saturated heterocycles. The van der Waals surface area contributed by atoms with E-state index in [0.29, 0.717) is 15.7 Å². The molecule has 5 heteroatoms. The minimum atomic E-state index is -0.311. The van der Waals surface area contributed by atoms with Crippen LogP contribution in [-0.2, 0) is 4.79 Å². The van der Waals surface area contributed by atoms with Gasteiger partial charge in [-0.2, -0.15) is 0 Å². The molecule has 0 heterocycles. The third-order valence-corrected chi connectivity index (χ3v) is 3.34. The van der Waals surface area contributed by atoms with Crippen molar-refractivity contribution < 1.29 is 10.1 Å². The highest BCUT2D eigenvalue weighted by atomic mass is 35.5. The molecular formula is C15H15Cl2N2O+. The summed E-state index contributed by atoms with van der Waals surface area (Å²) in [4.78, 5) is 12.3. The van der Waals surface area contributed by atoms with Gasteiger partial charge in [-0.3, -0.25) is 4.79 Å². The van der Waals surface area contributed by atoms with Gasteiger partial charge in [-0.1, -0.05) is 53.5 Å². The van der Waals surface area contributed by atoms with E-state index < -0.39 is 0 Å². The van der Waals surface area contributed by atoms with Crippen molar-refractivity contribution >= 4 is 34.8 Å². The molecule has 0 unspecified atom stereocenters. The van der Waals surface area contributed by atoms with Gasteiger partial charge >= 0.3 is 0 Å². The number of rotatable bonds is 4. The van der Waals surface area contributed by atoms with E-state index in [1.54, 1.807) is 18.2 Å². The van der Waals surface area contributed by atoms with Crippen LogP contribution in [0.4, 0.5) is 5.69 Å². The molecule has 1 atom stereocenters. The third kappa shape index (κ3) is 3.73. The molecule has 2 aromatic rings. The summed E-state index contributed by atoms with van der Waals surface area (Å²) in [5.41, 5.74) is 1.54. The van der Waals surface area contributed by atoms with Crippen LogP contribution in [0, 0.1) is 0 Å². The van der Waals surface area contributed by atoms with Crippen molar-refractivity contribution in [1.29, 1.82) is 0 Å². The maximum absolute atomic E-state index is 12.3. The maximum Gasteiger partial charge on any atom is 0.287 e. The van der Waals surface area contributed by atoms with Crippen molar-refractivity contribution in [2.24, 2.45) is 0 Å². The molecule has 0 aliphatic heterocycles. The second-order valence-corrected chi connectivity index (χ2v) is 5.24. The first kappa shape index (κ1) is 14.9. The van der Waals surface area contributed by atoms with Gasteiger partial charge in [-0.15, -0.1) is 0 Å². The van der Waals surface area contributed by atoms with E-state index in [1.807, 2.05) is 42.7 Å². The first-order valence-electron chi connectivity index (χ1n) is 6.21. The maximum atomic E-state index is 12.3. The third-order valence-electron chi connectivity index (χ3n) is 2.90. The highest BCUT2D eigenvalue weighted by Crippen LogP contribution is 2.23. The van der Waals surface area contributed by atoms with E-state index in [-0.39, 0.29) is 11.9 Å². The molecule has 3 N–H and O–H groups in total. The van der Waals surface area contributed by atoms with Gasteiger partial charge in [0.2, 0.25) is 0 Å². The van der Waals surface area contributed by atoms with Crippen LogP contribution in [0.1, 0.15) is 11.6 Å². The second kappa shape index (κ2) is 6.75. The summed E-state index contributed by atoms with van der Waals surface area (Å²) < 4.78 is 0. The molecule has 2 rings (SSSR count). The van der Waals surface area contributed by atoms with Crippen LogP contribution in [0.3, 0.4) is 0 Å². The average Bonchev–Trinajstić information content (AvgIpc) is 2.39. The summed E-state index contributed by atoms with van der Waals surface area (Å²) in [6.07, 6.45) is 0. The molecule has 20 heavy (non-hydrogen) atoms. The number of benzene rings is 2. The lowest BCUT2D eigenvalue weighted by molar-refractivity contribution is -0.656. The fourth-order valence-electron chi connectivity index (χ4n) is 2.00. The highest BCUT2D eigenvalue weighted by Gasteiger charge is 2.22. The Morgan fingerprint density at radius 2 is 1.70 bits per heavy atom. The van der Waals surface area contributed by atoms with E-state index >= 15 is 0 Å². The average molecular weight is 310 g/mol. The van der Waals surface area contributed by atoms with Gasteiger partial charge < -0.3 is 10.6 Å². The van der Waals surface area contributed by atoms with Crippen LogP contribution in [0.15, 0.2) is 48.5 Å². The van der Waals surface area contributed by atoms with Crippen LogP contribution in [-0.4, -0.2) is 13.0 Å². The van der Waals surface area contributed by atoms with E-state index in [4.69, 9.17) is 23.2 Å². The first-order valence-corrected chi connectivity index (χ1v) is 6.97. The summed E-state index contributed by atoms with van der Waals surface area (Å²) in [7, 11) is 1.86. The Morgan fingerprint density at radius 3 is 2.25 bits per heavy atom. The molecule has 0 radical (unpaired) electrons. The SMILES string of the molecule is C[NH2+][C@H](C(=O)Nc1cc(Cl)cc(Cl)c1)c1ccccc1. The quantitative estimate of drug-likeness (QED) is 0.896. The van der Waals surface area contributed by atoms with Crippen LogP contribution in [0.25, 0.3) is 0 Å². The molecule has 1 amide bonds. The topological polar surface area (TPSA) is 45.7 Å². The minimum absolute atomic E-state index is 0.114. The normalized spacial score (nSPS) is 11.9. The number of hydrogen-bond acceptors (Lipinski definition) is 1. The lowest BCUT2D eigenvalue weighted by Gasteiger charge is -2.14. The van der Waals surface area contributed by atoms with Gasteiger partial charge in [0, 0.05) is 21.3 Å². The Hall–Kier alpha value is -1.55. The second-order valence-electron chi connectivity index (χ2n) is 4.37. The fourth-order valence-corrected chi connectivity index (χ4v) is 2.53. The Morgan fingerprint density at radius 1 is 1.10 bits per heavy atom. The van der Waals surface area contributed by atoms with Gasteiger partial charge in [0.25, 0.3) is 5.91 Å². The minimum Gasteiger partial charge on any atom is -0.335 e. The molecule has 0 aliphatic carbocycles. The standard InChI is InChI=1S/C15H14Cl2N2O/c1-18-14(10-5-3-2-4-6-10)15(20)19-13-8-11(16)7-12(17)9-13/h2-9,14,18H,1H3,(H,19,20)/p+1/t14-/m0/s1. The number of nitrogens with two attached hydrogens (primary N) is 1. The zero-order valence-corrected chi connectivity index (χ0v) is 12.4. The number of carbonyl (C=O) groups excluding carboxylic acids is 1. The van der Waals surface area contributed by atoms with Gasteiger partial charge in [-0.05, 0) is 18.2 Å². The number of nitrogens with one attached hydrogen (secondary N) is 1. The number of carbonyl (C=O) groups is 1. The largest absolute Gasteiger partial charge is 0.335 e. The zero-order valence-electron chi connectivity index (χ0n) is 10.9. The monoisotopic (exact) mass is 309 g/mol. The number of anilines is 1. The number of hydrogen-bond donors (Lipinski definition) is 2. The van der Waals surface area contributed by atoms with Crippen LogP contribution < -0.4 is 10.6 Å². The number of likely N-dealkylation sites (N-methyl/N-ethyl adjacent to an activating group) is 1. The molecule has 2 aromatic carbocycles. The van der Waals surface area contributed by atoms with E-state index in [0.717, 1.165) is 5.56 Å². The lowest BCUT2D eigenvalue weighted by Crippen LogP contribution is -2.83. The van der Waals surface area contributed by atoms with Gasteiger partial charge in [0.05, 0.1) is 7.05 Å². The van der Waals surface area contributed by atoms with Crippen molar-refractivity contribution in [2.45, 2.75) is 6.04 Å². The zero-order chi connectivity index (χ0) is 14.5. The van der Waals surface area contributed by atoms with Gasteiger partial charge in [0.15, 0.2) is 6.04 Å². The summed E-state index contributed by atoms with van der Waals surface area (Å²) in [6.45, 7) is 0. The number of quaternary nitrogens is 1. The highest BCUT2D eigenvalue weighted by molar-refractivity contribution is 6.35. The van der Waals surface area contributed by atoms with Crippen LogP contribution in [0.5, 0.6) is 0 Å². The van der Waals surface area contributed by atoms with Crippen molar-refractivity contribution in [1.82, 2.24) is 0 Å². The van der Waals surface area contributed by atoms with Crippen molar-refractivity contribution in [3.63, 3.8) is 0 Å². The summed E-state index contributed by atoms with van der Waals surface area (Å²) >= 11 is 11.8. The van der Waals surface area contributed by atoms with Gasteiger partial charge in [0.1, 0.15) is 0 Å². The number of amides is 1. The predicted octanol–water partition coefficient (Wildman–Crippen LogP) is 2.87. The molecule has 0 bridgehead atoms. The molecule has 0 aromatic heterocycles. The summed E-state index contributed by atoms with van der Waals surface area (Å²) in [5.74, 6) is -0.114.